The van der Waals surface area contributed by atoms with Crippen molar-refractivity contribution >= 4 is 39.8 Å². The Balaban J connectivity index is 2.08. The summed E-state index contributed by atoms with van der Waals surface area (Å²) in [6, 6.07) is 2.09. The molecule has 0 fully saturated rings. The third-order valence-electron chi connectivity index (χ3n) is 2.60. The predicted octanol–water partition coefficient (Wildman–Crippen LogP) is 2.79. The number of fused-ring (bicyclic) bond motifs is 1. The lowest BCUT2D eigenvalue weighted by Crippen LogP contribution is -2.24. The first-order valence-electron chi connectivity index (χ1n) is 5.27. The van der Waals surface area contributed by atoms with Gasteiger partial charge in [0.25, 0.3) is 5.91 Å². The van der Waals surface area contributed by atoms with Crippen molar-refractivity contribution in [1.29, 1.82) is 0 Å². The van der Waals surface area contributed by atoms with E-state index in [1.54, 1.807) is 11.3 Å². The monoisotopic (exact) mass is 335 g/mol. The molecule has 1 aromatic rings. The molecular weight excluding hydrogens is 321 g/mol. The molecule has 1 N–H and O–H groups in total. The minimum atomic E-state index is 0.103. The standard InChI is InChI=1S/C11H14INOS/c12-5-6-13-11(14)10-7-8-3-1-2-4-9(8)15-10/h7H,1-6H2,(H,13,14). The van der Waals surface area contributed by atoms with Crippen LogP contribution >= 0.6 is 33.9 Å². The van der Waals surface area contributed by atoms with Crippen molar-refractivity contribution in [1.82, 2.24) is 5.32 Å². The zero-order valence-electron chi connectivity index (χ0n) is 8.51. The molecule has 1 aliphatic carbocycles. The van der Waals surface area contributed by atoms with E-state index >= 15 is 0 Å². The minimum Gasteiger partial charge on any atom is -0.351 e. The molecule has 1 amide bonds. The minimum absolute atomic E-state index is 0.103. The van der Waals surface area contributed by atoms with E-state index in [-0.39, 0.29) is 5.91 Å². The van der Waals surface area contributed by atoms with E-state index in [4.69, 9.17) is 0 Å². The van der Waals surface area contributed by atoms with E-state index in [1.165, 1.54) is 29.7 Å². The van der Waals surface area contributed by atoms with Gasteiger partial charge in [0.15, 0.2) is 0 Å². The second-order valence-electron chi connectivity index (χ2n) is 3.71. The van der Waals surface area contributed by atoms with Crippen molar-refractivity contribution in [2.24, 2.45) is 0 Å². The maximum absolute atomic E-state index is 11.7. The van der Waals surface area contributed by atoms with Crippen LogP contribution < -0.4 is 5.32 Å². The molecular formula is C11H14INOS. The van der Waals surface area contributed by atoms with Gasteiger partial charge in [0.2, 0.25) is 0 Å². The number of thiophene rings is 1. The molecule has 0 unspecified atom stereocenters. The Bertz CT molecular complexity index is 338. The lowest BCUT2D eigenvalue weighted by molar-refractivity contribution is 0.0960. The van der Waals surface area contributed by atoms with Gasteiger partial charge in [-0.05, 0) is 37.3 Å². The topological polar surface area (TPSA) is 29.1 Å². The Hall–Kier alpha value is -0.100. The molecule has 0 aromatic carbocycles. The van der Waals surface area contributed by atoms with Gasteiger partial charge >= 0.3 is 0 Å². The van der Waals surface area contributed by atoms with Crippen molar-refractivity contribution in [2.75, 3.05) is 11.0 Å². The second-order valence-corrected chi connectivity index (χ2v) is 5.93. The van der Waals surface area contributed by atoms with Gasteiger partial charge in [-0.1, -0.05) is 22.6 Å². The SMILES string of the molecule is O=C(NCCI)c1cc2c(s1)CCCC2. The third kappa shape index (κ3) is 2.72. The van der Waals surface area contributed by atoms with Crippen LogP contribution in [0.15, 0.2) is 6.07 Å². The van der Waals surface area contributed by atoms with Crippen molar-refractivity contribution in [2.45, 2.75) is 25.7 Å². The summed E-state index contributed by atoms with van der Waals surface area (Å²) in [6.07, 6.45) is 4.88. The summed E-state index contributed by atoms with van der Waals surface area (Å²) in [7, 11) is 0. The first kappa shape index (κ1) is 11.4. The molecule has 0 aliphatic heterocycles. The largest absolute Gasteiger partial charge is 0.351 e. The molecule has 2 nitrogen and oxygen atoms in total. The van der Waals surface area contributed by atoms with E-state index in [9.17, 15) is 4.79 Å². The number of aryl methyl sites for hydroxylation is 2. The fraction of sp³-hybridized carbons (Fsp3) is 0.545. The molecule has 2 rings (SSSR count). The Morgan fingerprint density at radius 3 is 3.00 bits per heavy atom. The Morgan fingerprint density at radius 1 is 1.47 bits per heavy atom. The van der Waals surface area contributed by atoms with Crippen molar-refractivity contribution in [3.8, 4) is 0 Å². The summed E-state index contributed by atoms with van der Waals surface area (Å²) in [5.41, 5.74) is 1.41. The fourth-order valence-electron chi connectivity index (χ4n) is 1.85. The van der Waals surface area contributed by atoms with Crippen LogP contribution in [0.3, 0.4) is 0 Å². The summed E-state index contributed by atoms with van der Waals surface area (Å²) in [5.74, 6) is 0.103. The highest BCUT2D eigenvalue weighted by Crippen LogP contribution is 2.29. The zero-order valence-corrected chi connectivity index (χ0v) is 11.5. The molecule has 0 saturated heterocycles. The van der Waals surface area contributed by atoms with Gasteiger partial charge in [0, 0.05) is 15.8 Å². The maximum atomic E-state index is 11.7. The lowest BCUT2D eigenvalue weighted by atomic mass is 9.99. The molecule has 0 spiro atoms. The van der Waals surface area contributed by atoms with E-state index < -0.39 is 0 Å². The summed E-state index contributed by atoms with van der Waals surface area (Å²) >= 11 is 3.94. The molecule has 0 saturated carbocycles. The molecule has 1 aliphatic rings. The Morgan fingerprint density at radius 2 is 2.27 bits per heavy atom. The number of alkyl halides is 1. The number of hydrogen-bond acceptors (Lipinski definition) is 2. The van der Waals surface area contributed by atoms with Crippen LogP contribution in [0.25, 0.3) is 0 Å². The van der Waals surface area contributed by atoms with Crippen LogP contribution in [0, 0.1) is 0 Å². The Labute approximate surface area is 108 Å². The number of nitrogens with one attached hydrogen (secondary N) is 1. The second kappa shape index (κ2) is 5.30. The molecule has 1 aromatic heterocycles. The van der Waals surface area contributed by atoms with Crippen LogP contribution in [0.2, 0.25) is 0 Å². The molecule has 4 heteroatoms. The van der Waals surface area contributed by atoms with Crippen LogP contribution in [0.1, 0.15) is 33.0 Å². The van der Waals surface area contributed by atoms with Gasteiger partial charge in [0.1, 0.15) is 0 Å². The highest BCUT2D eigenvalue weighted by atomic mass is 127. The number of rotatable bonds is 3. The van der Waals surface area contributed by atoms with Gasteiger partial charge in [-0.15, -0.1) is 11.3 Å². The predicted molar refractivity (Wildman–Crippen MR) is 72.2 cm³/mol. The van der Waals surface area contributed by atoms with Crippen molar-refractivity contribution in [3.63, 3.8) is 0 Å². The first-order valence-corrected chi connectivity index (χ1v) is 7.61. The summed E-state index contributed by atoms with van der Waals surface area (Å²) in [5, 5.41) is 2.92. The van der Waals surface area contributed by atoms with Gasteiger partial charge < -0.3 is 5.32 Å². The highest BCUT2D eigenvalue weighted by molar-refractivity contribution is 14.1. The third-order valence-corrected chi connectivity index (χ3v) is 4.38. The number of carbonyl (C=O) groups excluding carboxylic acids is 1. The smallest absolute Gasteiger partial charge is 0.261 e. The molecule has 1 heterocycles. The van der Waals surface area contributed by atoms with Gasteiger partial charge in [0.05, 0.1) is 4.88 Å². The van der Waals surface area contributed by atoms with Crippen LogP contribution in [0.5, 0.6) is 0 Å². The molecule has 82 valence electrons. The van der Waals surface area contributed by atoms with Crippen molar-refractivity contribution < 1.29 is 4.79 Å². The maximum Gasteiger partial charge on any atom is 0.261 e. The lowest BCUT2D eigenvalue weighted by Gasteiger charge is -2.08. The number of hydrogen-bond donors (Lipinski definition) is 1. The number of carbonyl (C=O) groups is 1. The normalized spacial score (nSPS) is 14.7. The molecule has 0 bridgehead atoms. The summed E-state index contributed by atoms with van der Waals surface area (Å²) in [4.78, 5) is 14.0. The molecule has 0 atom stereocenters. The van der Waals surface area contributed by atoms with E-state index in [0.29, 0.717) is 0 Å². The molecule has 15 heavy (non-hydrogen) atoms. The Kier molecular flexibility index (Phi) is 4.02. The van der Waals surface area contributed by atoms with E-state index in [2.05, 4.69) is 34.0 Å². The number of halogens is 1. The van der Waals surface area contributed by atoms with E-state index in [1.807, 2.05) is 0 Å². The van der Waals surface area contributed by atoms with Crippen LogP contribution in [-0.4, -0.2) is 16.9 Å². The highest BCUT2D eigenvalue weighted by Gasteiger charge is 2.16. The van der Waals surface area contributed by atoms with Gasteiger partial charge in [-0.2, -0.15) is 0 Å². The summed E-state index contributed by atoms with van der Waals surface area (Å²) < 4.78 is 0.967. The van der Waals surface area contributed by atoms with Gasteiger partial charge in [-0.3, -0.25) is 4.79 Å². The van der Waals surface area contributed by atoms with E-state index in [0.717, 1.165) is 22.3 Å². The summed E-state index contributed by atoms with van der Waals surface area (Å²) in [6.45, 7) is 0.766. The molecule has 0 radical (unpaired) electrons. The zero-order chi connectivity index (χ0) is 10.7. The average molecular weight is 335 g/mol. The van der Waals surface area contributed by atoms with Crippen molar-refractivity contribution in [3.05, 3.63) is 21.4 Å². The quantitative estimate of drug-likeness (QED) is 0.668. The average Bonchev–Trinajstić information content (AvgIpc) is 2.69. The van der Waals surface area contributed by atoms with Gasteiger partial charge in [-0.25, -0.2) is 0 Å². The fourth-order valence-corrected chi connectivity index (χ4v) is 3.29. The van der Waals surface area contributed by atoms with Crippen LogP contribution in [0.4, 0.5) is 0 Å². The van der Waals surface area contributed by atoms with Crippen LogP contribution in [-0.2, 0) is 12.8 Å². The first-order chi connectivity index (χ1) is 7.31. The number of amides is 1.